The van der Waals surface area contributed by atoms with Crippen molar-refractivity contribution in [3.05, 3.63) is 16.6 Å². The molecule has 0 unspecified atom stereocenters. The summed E-state index contributed by atoms with van der Waals surface area (Å²) in [5.41, 5.74) is 8.32. The molecule has 3 N–H and O–H groups in total. The minimum absolute atomic E-state index is 0.1000. The summed E-state index contributed by atoms with van der Waals surface area (Å²) in [6.45, 7) is 0.468. The molecule has 0 bridgehead atoms. The average Bonchev–Trinajstić information content (AvgIpc) is 2.75. The third-order valence-electron chi connectivity index (χ3n) is 1.90. The summed E-state index contributed by atoms with van der Waals surface area (Å²) in [5, 5.41) is 4.68. The Morgan fingerprint density at radius 3 is 3.20 bits per heavy atom. The summed E-state index contributed by atoms with van der Waals surface area (Å²) in [7, 11) is 0. The van der Waals surface area contributed by atoms with Crippen molar-refractivity contribution in [3.63, 3.8) is 0 Å². The van der Waals surface area contributed by atoms with E-state index in [1.54, 1.807) is 17.3 Å². The standard InChI is InChI=1S/C9H15N3OS2/c1-14-3-2-8(10)9(13)11-4-7-5-15-6-12-7/h5-6,8H,2-4,10H2,1H3,(H,11,13)/t8-/m0/s1. The van der Waals surface area contributed by atoms with Gasteiger partial charge in [0.15, 0.2) is 0 Å². The number of amides is 1. The molecule has 0 aromatic carbocycles. The highest BCUT2D eigenvalue weighted by Gasteiger charge is 2.12. The van der Waals surface area contributed by atoms with Crippen LogP contribution in [-0.4, -0.2) is 28.9 Å². The second kappa shape index (κ2) is 6.81. The number of carbonyl (C=O) groups is 1. The van der Waals surface area contributed by atoms with Crippen molar-refractivity contribution >= 4 is 29.0 Å². The first-order chi connectivity index (χ1) is 7.24. The van der Waals surface area contributed by atoms with E-state index in [-0.39, 0.29) is 5.91 Å². The highest BCUT2D eigenvalue weighted by atomic mass is 32.2. The van der Waals surface area contributed by atoms with Gasteiger partial charge in [-0.05, 0) is 18.4 Å². The largest absolute Gasteiger partial charge is 0.349 e. The topological polar surface area (TPSA) is 68.0 Å². The fourth-order valence-corrected chi connectivity index (χ4v) is 2.06. The Labute approximate surface area is 97.7 Å². The number of thiazole rings is 1. The van der Waals surface area contributed by atoms with Crippen LogP contribution in [-0.2, 0) is 11.3 Å². The molecule has 1 heterocycles. The van der Waals surface area contributed by atoms with Crippen molar-refractivity contribution in [1.82, 2.24) is 10.3 Å². The van der Waals surface area contributed by atoms with E-state index in [1.165, 1.54) is 11.3 Å². The maximum absolute atomic E-state index is 11.5. The van der Waals surface area contributed by atoms with Gasteiger partial charge in [0.1, 0.15) is 0 Å². The predicted octanol–water partition coefficient (Wildman–Crippen LogP) is 0.840. The molecule has 1 atom stereocenters. The Morgan fingerprint density at radius 2 is 2.60 bits per heavy atom. The van der Waals surface area contributed by atoms with Gasteiger partial charge in [0, 0.05) is 5.38 Å². The molecule has 0 spiro atoms. The van der Waals surface area contributed by atoms with Crippen molar-refractivity contribution in [2.24, 2.45) is 5.73 Å². The fourth-order valence-electron chi connectivity index (χ4n) is 1.01. The van der Waals surface area contributed by atoms with Gasteiger partial charge in [-0.1, -0.05) is 0 Å². The minimum Gasteiger partial charge on any atom is -0.349 e. The van der Waals surface area contributed by atoms with Gasteiger partial charge in [0.25, 0.3) is 0 Å². The molecule has 0 saturated heterocycles. The van der Waals surface area contributed by atoms with E-state index < -0.39 is 6.04 Å². The molecule has 0 aliphatic rings. The van der Waals surface area contributed by atoms with E-state index in [0.29, 0.717) is 13.0 Å². The SMILES string of the molecule is CSCC[C@H](N)C(=O)NCc1cscn1. The number of aromatic nitrogens is 1. The zero-order valence-electron chi connectivity index (χ0n) is 8.60. The lowest BCUT2D eigenvalue weighted by Crippen LogP contribution is -2.40. The Hall–Kier alpha value is -0.590. The smallest absolute Gasteiger partial charge is 0.237 e. The Kier molecular flexibility index (Phi) is 5.67. The third-order valence-corrected chi connectivity index (χ3v) is 3.18. The second-order valence-electron chi connectivity index (χ2n) is 3.09. The molecular formula is C9H15N3OS2. The van der Waals surface area contributed by atoms with Gasteiger partial charge in [-0.3, -0.25) is 4.79 Å². The maximum Gasteiger partial charge on any atom is 0.237 e. The normalized spacial score (nSPS) is 12.4. The molecule has 1 aromatic rings. The first kappa shape index (κ1) is 12.5. The molecule has 15 heavy (non-hydrogen) atoms. The van der Waals surface area contributed by atoms with Crippen molar-refractivity contribution in [2.45, 2.75) is 19.0 Å². The predicted molar refractivity (Wildman–Crippen MR) is 64.9 cm³/mol. The van der Waals surface area contributed by atoms with Crippen LogP contribution in [0, 0.1) is 0 Å². The van der Waals surface area contributed by atoms with Crippen LogP contribution in [0.4, 0.5) is 0 Å². The molecular weight excluding hydrogens is 230 g/mol. The molecule has 1 rings (SSSR count). The highest BCUT2D eigenvalue weighted by Crippen LogP contribution is 2.01. The lowest BCUT2D eigenvalue weighted by molar-refractivity contribution is -0.122. The van der Waals surface area contributed by atoms with Crippen molar-refractivity contribution in [3.8, 4) is 0 Å². The van der Waals surface area contributed by atoms with Crippen LogP contribution in [0.25, 0.3) is 0 Å². The van der Waals surface area contributed by atoms with Crippen LogP contribution < -0.4 is 11.1 Å². The van der Waals surface area contributed by atoms with Crippen LogP contribution in [0.3, 0.4) is 0 Å². The monoisotopic (exact) mass is 245 g/mol. The molecule has 0 aliphatic heterocycles. The minimum atomic E-state index is -0.406. The Bertz CT molecular complexity index is 290. The van der Waals surface area contributed by atoms with Crippen LogP contribution >= 0.6 is 23.1 Å². The number of hydrogen-bond acceptors (Lipinski definition) is 5. The lowest BCUT2D eigenvalue weighted by atomic mass is 10.2. The zero-order chi connectivity index (χ0) is 11.1. The molecule has 0 aliphatic carbocycles. The molecule has 1 aromatic heterocycles. The van der Waals surface area contributed by atoms with Crippen LogP contribution in [0.2, 0.25) is 0 Å². The summed E-state index contributed by atoms with van der Waals surface area (Å²) in [6.07, 6.45) is 2.71. The van der Waals surface area contributed by atoms with Gasteiger partial charge in [-0.2, -0.15) is 11.8 Å². The van der Waals surface area contributed by atoms with Gasteiger partial charge in [-0.15, -0.1) is 11.3 Å². The number of nitrogens with zero attached hydrogens (tertiary/aromatic N) is 1. The maximum atomic E-state index is 11.5. The van der Waals surface area contributed by atoms with E-state index in [4.69, 9.17) is 5.73 Å². The molecule has 0 fully saturated rings. The second-order valence-corrected chi connectivity index (χ2v) is 4.79. The van der Waals surface area contributed by atoms with Crippen LogP contribution in [0.1, 0.15) is 12.1 Å². The third kappa shape index (κ3) is 4.63. The molecule has 1 amide bonds. The van der Waals surface area contributed by atoms with Crippen molar-refractivity contribution < 1.29 is 4.79 Å². The fraction of sp³-hybridized carbons (Fsp3) is 0.556. The number of nitrogens with two attached hydrogens (primary N) is 1. The number of nitrogens with one attached hydrogen (secondary N) is 1. The number of rotatable bonds is 6. The molecule has 84 valence electrons. The Morgan fingerprint density at radius 1 is 1.80 bits per heavy atom. The van der Waals surface area contributed by atoms with Gasteiger partial charge < -0.3 is 11.1 Å². The first-order valence-electron chi connectivity index (χ1n) is 4.63. The van der Waals surface area contributed by atoms with Crippen molar-refractivity contribution in [1.29, 1.82) is 0 Å². The van der Waals surface area contributed by atoms with Crippen LogP contribution in [0.5, 0.6) is 0 Å². The van der Waals surface area contributed by atoms with E-state index in [0.717, 1.165) is 11.4 Å². The first-order valence-corrected chi connectivity index (χ1v) is 6.97. The van der Waals surface area contributed by atoms with Gasteiger partial charge in [0.05, 0.1) is 23.8 Å². The van der Waals surface area contributed by atoms with Gasteiger partial charge in [-0.25, -0.2) is 4.98 Å². The highest BCUT2D eigenvalue weighted by molar-refractivity contribution is 7.98. The molecule has 4 nitrogen and oxygen atoms in total. The summed E-state index contributed by atoms with van der Waals surface area (Å²) in [5.74, 6) is 0.808. The average molecular weight is 245 g/mol. The summed E-state index contributed by atoms with van der Waals surface area (Å²) in [6, 6.07) is -0.406. The summed E-state index contributed by atoms with van der Waals surface area (Å²) in [4.78, 5) is 15.5. The van der Waals surface area contributed by atoms with Gasteiger partial charge >= 0.3 is 0 Å². The van der Waals surface area contributed by atoms with Gasteiger partial charge in [0.2, 0.25) is 5.91 Å². The van der Waals surface area contributed by atoms with Crippen LogP contribution in [0.15, 0.2) is 10.9 Å². The number of carbonyl (C=O) groups excluding carboxylic acids is 1. The quantitative estimate of drug-likeness (QED) is 0.779. The number of thioether (sulfide) groups is 1. The molecule has 0 radical (unpaired) electrons. The number of hydrogen-bond donors (Lipinski definition) is 2. The van der Waals surface area contributed by atoms with E-state index in [9.17, 15) is 4.79 Å². The molecule has 6 heteroatoms. The summed E-state index contributed by atoms with van der Waals surface area (Å²) >= 11 is 3.21. The summed E-state index contributed by atoms with van der Waals surface area (Å²) < 4.78 is 0. The van der Waals surface area contributed by atoms with E-state index in [1.807, 2.05) is 11.6 Å². The zero-order valence-corrected chi connectivity index (χ0v) is 10.2. The molecule has 0 saturated carbocycles. The van der Waals surface area contributed by atoms with E-state index >= 15 is 0 Å². The lowest BCUT2D eigenvalue weighted by Gasteiger charge is -2.10. The Balaban J connectivity index is 2.23. The van der Waals surface area contributed by atoms with Crippen molar-refractivity contribution in [2.75, 3.05) is 12.0 Å². The van der Waals surface area contributed by atoms with E-state index in [2.05, 4.69) is 10.3 Å².